The number of hydrogen-bond donors (Lipinski definition) is 2. The average molecular weight is 147 g/mol. The van der Waals surface area contributed by atoms with E-state index in [0.717, 1.165) is 0 Å². The number of aliphatic hydroxyl groups excluding tert-OH is 1. The molecule has 10 heavy (non-hydrogen) atoms. The van der Waals surface area contributed by atoms with E-state index in [9.17, 15) is 0 Å². The quantitative estimate of drug-likeness (QED) is 0.440. The largest absolute Gasteiger partial charge is 0.392 e. The molecule has 3 nitrogen and oxygen atoms in total. The summed E-state index contributed by atoms with van der Waals surface area (Å²) >= 11 is 0. The molecule has 0 aliphatic rings. The minimum atomic E-state index is -0.341. The zero-order chi connectivity index (χ0) is 7.98. The Labute approximate surface area is 62.3 Å². The molecule has 0 unspecified atom stereocenters. The molecule has 0 amide bonds. The van der Waals surface area contributed by atoms with E-state index in [1.54, 1.807) is 6.92 Å². The molecule has 0 heterocycles. The Morgan fingerprint density at radius 1 is 1.40 bits per heavy atom. The first kappa shape index (κ1) is 9.88. The second-order valence-corrected chi connectivity index (χ2v) is 2.90. The molecule has 0 spiro atoms. The molecule has 0 saturated heterocycles. The van der Waals surface area contributed by atoms with Gasteiger partial charge in [-0.15, -0.1) is 0 Å². The second kappa shape index (κ2) is 5.65. The number of nitrogens with one attached hydrogen (secondary N) is 1. The van der Waals surface area contributed by atoms with Crippen LogP contribution in [0.3, 0.4) is 0 Å². The first-order chi connectivity index (χ1) is 4.63. The Morgan fingerprint density at radius 3 is 2.40 bits per heavy atom. The maximum absolute atomic E-state index is 8.78. The van der Waals surface area contributed by atoms with Gasteiger partial charge in [-0.05, 0) is 12.8 Å². The topological polar surface area (TPSA) is 41.5 Å². The van der Waals surface area contributed by atoms with E-state index in [2.05, 4.69) is 19.3 Å². The summed E-state index contributed by atoms with van der Waals surface area (Å²) < 4.78 is 0. The molecule has 0 aliphatic heterocycles. The SMILES string of the molecule is CC(C)CONC[C@H](C)O. The van der Waals surface area contributed by atoms with Crippen molar-refractivity contribution in [2.75, 3.05) is 13.2 Å². The minimum Gasteiger partial charge on any atom is -0.392 e. The van der Waals surface area contributed by atoms with Gasteiger partial charge < -0.3 is 9.94 Å². The van der Waals surface area contributed by atoms with Crippen molar-refractivity contribution in [1.82, 2.24) is 5.48 Å². The van der Waals surface area contributed by atoms with Gasteiger partial charge in [-0.3, -0.25) is 0 Å². The normalized spacial score (nSPS) is 14.1. The van der Waals surface area contributed by atoms with Crippen LogP contribution in [0.2, 0.25) is 0 Å². The molecule has 2 N–H and O–H groups in total. The van der Waals surface area contributed by atoms with Crippen LogP contribution < -0.4 is 5.48 Å². The summed E-state index contributed by atoms with van der Waals surface area (Å²) in [6.45, 7) is 7.04. The Bertz CT molecular complexity index is 64.0. The van der Waals surface area contributed by atoms with Crippen LogP contribution in [0.4, 0.5) is 0 Å². The van der Waals surface area contributed by atoms with Crippen molar-refractivity contribution in [3.63, 3.8) is 0 Å². The lowest BCUT2D eigenvalue weighted by atomic mass is 10.2. The van der Waals surface area contributed by atoms with Gasteiger partial charge in [-0.1, -0.05) is 13.8 Å². The maximum Gasteiger partial charge on any atom is 0.0705 e. The summed E-state index contributed by atoms with van der Waals surface area (Å²) in [7, 11) is 0. The van der Waals surface area contributed by atoms with Gasteiger partial charge >= 0.3 is 0 Å². The van der Waals surface area contributed by atoms with E-state index in [4.69, 9.17) is 9.94 Å². The van der Waals surface area contributed by atoms with Crippen molar-refractivity contribution in [1.29, 1.82) is 0 Å². The fourth-order valence-electron chi connectivity index (χ4n) is 0.405. The molecule has 0 aromatic rings. The van der Waals surface area contributed by atoms with Crippen molar-refractivity contribution < 1.29 is 9.94 Å². The van der Waals surface area contributed by atoms with Crippen LogP contribution in [0.25, 0.3) is 0 Å². The molecule has 0 rings (SSSR count). The summed E-state index contributed by atoms with van der Waals surface area (Å²) in [6.07, 6.45) is -0.341. The molecule has 0 aromatic heterocycles. The first-order valence-electron chi connectivity index (χ1n) is 3.65. The molecular formula is C7H17NO2. The second-order valence-electron chi connectivity index (χ2n) is 2.90. The van der Waals surface area contributed by atoms with Crippen LogP contribution in [0.15, 0.2) is 0 Å². The van der Waals surface area contributed by atoms with Gasteiger partial charge in [0.25, 0.3) is 0 Å². The van der Waals surface area contributed by atoms with Gasteiger partial charge in [0.15, 0.2) is 0 Å². The third kappa shape index (κ3) is 7.88. The number of hydrogen-bond acceptors (Lipinski definition) is 3. The predicted molar refractivity (Wildman–Crippen MR) is 40.5 cm³/mol. The van der Waals surface area contributed by atoms with Crippen LogP contribution in [-0.2, 0) is 4.84 Å². The molecule has 3 heteroatoms. The molecular weight excluding hydrogens is 130 g/mol. The van der Waals surface area contributed by atoms with E-state index in [1.165, 1.54) is 0 Å². The summed E-state index contributed by atoms with van der Waals surface area (Å²) in [5.74, 6) is 0.529. The Balaban J connectivity index is 2.91. The highest BCUT2D eigenvalue weighted by Gasteiger charge is 1.95. The predicted octanol–water partition coefficient (Wildman–Crippen LogP) is 0.544. The fraction of sp³-hybridized carbons (Fsp3) is 1.00. The molecule has 0 fully saturated rings. The van der Waals surface area contributed by atoms with Gasteiger partial charge in [0.2, 0.25) is 0 Å². The summed E-state index contributed by atoms with van der Waals surface area (Å²) in [5.41, 5.74) is 2.67. The average Bonchev–Trinajstić information content (AvgIpc) is 1.79. The minimum absolute atomic E-state index is 0.341. The third-order valence-corrected chi connectivity index (χ3v) is 0.897. The van der Waals surface area contributed by atoms with Crippen molar-refractivity contribution in [3.8, 4) is 0 Å². The molecule has 0 aromatic carbocycles. The maximum atomic E-state index is 8.78. The van der Waals surface area contributed by atoms with Gasteiger partial charge in [-0.2, -0.15) is 5.48 Å². The van der Waals surface area contributed by atoms with E-state index in [-0.39, 0.29) is 6.10 Å². The lowest BCUT2D eigenvalue weighted by Crippen LogP contribution is -2.26. The highest BCUT2D eigenvalue weighted by Crippen LogP contribution is 1.89. The molecule has 0 radical (unpaired) electrons. The highest BCUT2D eigenvalue weighted by atomic mass is 16.6. The van der Waals surface area contributed by atoms with Crippen molar-refractivity contribution in [2.24, 2.45) is 5.92 Å². The molecule has 62 valence electrons. The van der Waals surface area contributed by atoms with E-state index < -0.39 is 0 Å². The molecule has 1 atom stereocenters. The van der Waals surface area contributed by atoms with E-state index >= 15 is 0 Å². The Morgan fingerprint density at radius 2 is 2.00 bits per heavy atom. The molecule has 0 aliphatic carbocycles. The standard InChI is InChI=1S/C7H17NO2/c1-6(2)5-10-8-4-7(3)9/h6-9H,4-5H2,1-3H3/t7-/m0/s1. The van der Waals surface area contributed by atoms with Gasteiger partial charge in [0, 0.05) is 6.54 Å². The zero-order valence-corrected chi connectivity index (χ0v) is 6.92. The molecule has 0 bridgehead atoms. The van der Waals surface area contributed by atoms with E-state index in [0.29, 0.717) is 19.1 Å². The van der Waals surface area contributed by atoms with Crippen LogP contribution in [0.5, 0.6) is 0 Å². The Hall–Kier alpha value is -0.120. The van der Waals surface area contributed by atoms with Crippen molar-refractivity contribution in [2.45, 2.75) is 26.9 Å². The number of aliphatic hydroxyl groups is 1. The fourth-order valence-corrected chi connectivity index (χ4v) is 0.405. The highest BCUT2D eigenvalue weighted by molar-refractivity contribution is 4.44. The van der Waals surface area contributed by atoms with Crippen LogP contribution in [0.1, 0.15) is 20.8 Å². The summed E-state index contributed by atoms with van der Waals surface area (Å²) in [4.78, 5) is 5.00. The summed E-state index contributed by atoms with van der Waals surface area (Å²) in [6, 6.07) is 0. The van der Waals surface area contributed by atoms with Crippen LogP contribution >= 0.6 is 0 Å². The lowest BCUT2D eigenvalue weighted by molar-refractivity contribution is 0.00386. The first-order valence-corrected chi connectivity index (χ1v) is 3.65. The van der Waals surface area contributed by atoms with Crippen LogP contribution in [-0.4, -0.2) is 24.4 Å². The zero-order valence-electron chi connectivity index (χ0n) is 6.92. The summed E-state index contributed by atoms with van der Waals surface area (Å²) in [5, 5.41) is 8.78. The number of rotatable bonds is 5. The van der Waals surface area contributed by atoms with Gasteiger partial charge in [0.1, 0.15) is 0 Å². The van der Waals surface area contributed by atoms with Crippen molar-refractivity contribution >= 4 is 0 Å². The van der Waals surface area contributed by atoms with Crippen LogP contribution in [0, 0.1) is 5.92 Å². The molecule has 0 saturated carbocycles. The lowest BCUT2D eigenvalue weighted by Gasteiger charge is -2.08. The van der Waals surface area contributed by atoms with Crippen molar-refractivity contribution in [3.05, 3.63) is 0 Å². The smallest absolute Gasteiger partial charge is 0.0705 e. The van der Waals surface area contributed by atoms with Gasteiger partial charge in [0.05, 0.1) is 12.7 Å². The van der Waals surface area contributed by atoms with E-state index in [1.807, 2.05) is 0 Å². The third-order valence-electron chi connectivity index (χ3n) is 0.897. The monoisotopic (exact) mass is 147 g/mol. The number of hydroxylamine groups is 1. The van der Waals surface area contributed by atoms with Gasteiger partial charge in [-0.25, -0.2) is 0 Å². The Kier molecular flexibility index (Phi) is 5.58.